The lowest BCUT2D eigenvalue weighted by atomic mass is 10.7. The minimum Gasteiger partial charge on any atom is -0.451 e. The summed E-state index contributed by atoms with van der Waals surface area (Å²) in [6.07, 6.45) is 0. The van der Waals surface area contributed by atoms with Gasteiger partial charge in [-0.3, -0.25) is 5.41 Å². The Hall–Kier alpha value is -0.280. The SMILES string of the molecule is N=C1OCOC1Cl. The van der Waals surface area contributed by atoms with Gasteiger partial charge < -0.3 is 9.47 Å². The van der Waals surface area contributed by atoms with Crippen molar-refractivity contribution in [2.45, 2.75) is 5.56 Å². The van der Waals surface area contributed by atoms with Gasteiger partial charge in [-0.2, -0.15) is 0 Å². The molecule has 1 rings (SSSR count). The Labute approximate surface area is 45.7 Å². The van der Waals surface area contributed by atoms with Crippen LogP contribution < -0.4 is 0 Å². The lowest BCUT2D eigenvalue weighted by Gasteiger charge is -1.88. The molecule has 0 aromatic carbocycles. The van der Waals surface area contributed by atoms with Gasteiger partial charge in [0.25, 0.3) is 0 Å². The van der Waals surface area contributed by atoms with E-state index in [1.165, 1.54) is 0 Å². The van der Waals surface area contributed by atoms with E-state index in [0.29, 0.717) is 0 Å². The predicted octanol–water partition coefficient (Wildman–Crippen LogP) is 0.533. The van der Waals surface area contributed by atoms with Crippen LogP contribution >= 0.6 is 11.6 Å². The van der Waals surface area contributed by atoms with Crippen LogP contribution in [-0.2, 0) is 9.47 Å². The van der Waals surface area contributed by atoms with E-state index in [1.807, 2.05) is 0 Å². The highest BCUT2D eigenvalue weighted by molar-refractivity contribution is 6.29. The molecule has 1 fully saturated rings. The number of rotatable bonds is 0. The van der Waals surface area contributed by atoms with E-state index in [4.69, 9.17) is 17.0 Å². The van der Waals surface area contributed by atoms with Gasteiger partial charge in [-0.25, -0.2) is 0 Å². The molecule has 0 aromatic heterocycles. The van der Waals surface area contributed by atoms with Gasteiger partial charge in [-0.15, -0.1) is 0 Å². The number of alkyl halides is 1. The fourth-order valence-electron chi connectivity index (χ4n) is 0.298. The summed E-state index contributed by atoms with van der Waals surface area (Å²) in [7, 11) is 0. The topological polar surface area (TPSA) is 42.3 Å². The average molecular weight is 122 g/mol. The fraction of sp³-hybridized carbons (Fsp3) is 0.667. The van der Waals surface area contributed by atoms with E-state index in [1.54, 1.807) is 0 Å². The van der Waals surface area contributed by atoms with E-state index >= 15 is 0 Å². The third-order valence-electron chi connectivity index (χ3n) is 0.635. The third-order valence-corrected chi connectivity index (χ3v) is 0.959. The van der Waals surface area contributed by atoms with Gasteiger partial charge in [0, 0.05) is 0 Å². The zero-order chi connectivity index (χ0) is 5.28. The maximum Gasteiger partial charge on any atom is 0.228 e. The molecule has 40 valence electrons. The van der Waals surface area contributed by atoms with Crippen LogP contribution in [0.4, 0.5) is 0 Å². The molecule has 7 heavy (non-hydrogen) atoms. The molecule has 0 amide bonds. The quantitative estimate of drug-likeness (QED) is 0.475. The summed E-state index contributed by atoms with van der Waals surface area (Å²) in [5.74, 6) is 0.00154. The van der Waals surface area contributed by atoms with E-state index in [9.17, 15) is 0 Å². The minimum absolute atomic E-state index is 0.00154. The fourth-order valence-corrected chi connectivity index (χ4v) is 0.413. The van der Waals surface area contributed by atoms with Crippen molar-refractivity contribution < 1.29 is 9.47 Å². The maximum absolute atomic E-state index is 6.78. The van der Waals surface area contributed by atoms with Crippen LogP contribution in [0.15, 0.2) is 0 Å². The van der Waals surface area contributed by atoms with Crippen molar-refractivity contribution in [2.75, 3.05) is 6.79 Å². The van der Waals surface area contributed by atoms with Gasteiger partial charge in [-0.1, -0.05) is 11.6 Å². The highest BCUT2D eigenvalue weighted by Crippen LogP contribution is 2.07. The zero-order valence-electron chi connectivity index (χ0n) is 3.48. The summed E-state index contributed by atoms with van der Waals surface area (Å²) in [4.78, 5) is 0. The number of halogens is 1. The van der Waals surface area contributed by atoms with E-state index in [0.717, 1.165) is 0 Å². The van der Waals surface area contributed by atoms with Crippen LogP contribution in [0.5, 0.6) is 0 Å². The van der Waals surface area contributed by atoms with Gasteiger partial charge >= 0.3 is 0 Å². The Kier molecular flexibility index (Phi) is 1.17. The monoisotopic (exact) mass is 121 g/mol. The maximum atomic E-state index is 6.78. The van der Waals surface area contributed by atoms with Gasteiger partial charge in [0.05, 0.1) is 0 Å². The van der Waals surface area contributed by atoms with Gasteiger partial charge in [0.1, 0.15) is 0 Å². The number of hydrogen-bond acceptors (Lipinski definition) is 3. The molecular weight excluding hydrogens is 117 g/mol. The number of nitrogens with one attached hydrogen (secondary N) is 1. The first-order chi connectivity index (χ1) is 3.30. The first-order valence-corrected chi connectivity index (χ1v) is 2.21. The van der Waals surface area contributed by atoms with Crippen molar-refractivity contribution in [3.8, 4) is 0 Å². The van der Waals surface area contributed by atoms with Crippen molar-refractivity contribution in [3.05, 3.63) is 0 Å². The summed E-state index contributed by atoms with van der Waals surface area (Å²) in [5.41, 5.74) is -0.653. The molecule has 1 atom stereocenters. The van der Waals surface area contributed by atoms with Crippen LogP contribution in [0.3, 0.4) is 0 Å². The van der Waals surface area contributed by atoms with Crippen molar-refractivity contribution in [3.63, 3.8) is 0 Å². The van der Waals surface area contributed by atoms with Gasteiger partial charge in [0.15, 0.2) is 6.79 Å². The summed E-state index contributed by atoms with van der Waals surface area (Å²) in [5, 5.41) is 6.78. The van der Waals surface area contributed by atoms with Crippen molar-refractivity contribution in [1.82, 2.24) is 0 Å². The Morgan fingerprint density at radius 2 is 2.57 bits per heavy atom. The predicted molar refractivity (Wildman–Crippen MR) is 24.4 cm³/mol. The molecule has 1 aliphatic heterocycles. The molecule has 1 heterocycles. The molecule has 1 N–H and O–H groups in total. The molecule has 0 spiro atoms. The molecule has 0 bridgehead atoms. The third kappa shape index (κ3) is 0.838. The number of hydrogen-bond donors (Lipinski definition) is 1. The molecule has 1 saturated heterocycles. The van der Waals surface area contributed by atoms with Gasteiger partial charge in [-0.05, 0) is 0 Å². The van der Waals surface area contributed by atoms with Crippen molar-refractivity contribution >= 4 is 17.5 Å². The van der Waals surface area contributed by atoms with Crippen LogP contribution in [0.1, 0.15) is 0 Å². The lowest BCUT2D eigenvalue weighted by Crippen LogP contribution is -2.05. The van der Waals surface area contributed by atoms with Gasteiger partial charge in [0.2, 0.25) is 11.5 Å². The smallest absolute Gasteiger partial charge is 0.228 e. The summed E-state index contributed by atoms with van der Waals surface area (Å²) in [6.45, 7) is 0.118. The van der Waals surface area contributed by atoms with Crippen LogP contribution in [-0.4, -0.2) is 18.3 Å². The Morgan fingerprint density at radius 1 is 1.86 bits per heavy atom. The van der Waals surface area contributed by atoms with Crippen LogP contribution in [0.2, 0.25) is 0 Å². The summed E-state index contributed by atoms with van der Waals surface area (Å²) < 4.78 is 9.08. The summed E-state index contributed by atoms with van der Waals surface area (Å²) >= 11 is 5.29. The normalized spacial score (nSPS) is 30.4. The second-order valence-corrected chi connectivity index (χ2v) is 1.51. The number of ether oxygens (including phenoxy) is 2. The second kappa shape index (κ2) is 1.68. The molecule has 0 radical (unpaired) electrons. The average Bonchev–Trinajstić information content (AvgIpc) is 1.91. The zero-order valence-corrected chi connectivity index (χ0v) is 4.23. The molecule has 1 unspecified atom stereocenters. The first-order valence-electron chi connectivity index (χ1n) is 1.77. The molecule has 3 nitrogen and oxygen atoms in total. The molecule has 0 aromatic rings. The Morgan fingerprint density at radius 3 is 2.71 bits per heavy atom. The Bertz CT molecular complexity index is 94.9. The Balaban J connectivity index is 2.48. The van der Waals surface area contributed by atoms with Crippen molar-refractivity contribution in [1.29, 1.82) is 5.41 Å². The molecular formula is C3H4ClNO2. The highest BCUT2D eigenvalue weighted by atomic mass is 35.5. The van der Waals surface area contributed by atoms with Crippen LogP contribution in [0, 0.1) is 5.41 Å². The molecule has 0 saturated carbocycles. The van der Waals surface area contributed by atoms with E-state index in [-0.39, 0.29) is 12.7 Å². The summed E-state index contributed by atoms with van der Waals surface area (Å²) in [6, 6.07) is 0. The molecule has 4 heteroatoms. The molecule has 1 aliphatic rings. The molecule has 0 aliphatic carbocycles. The second-order valence-electron chi connectivity index (χ2n) is 1.11. The first kappa shape index (κ1) is 4.87. The van der Waals surface area contributed by atoms with Crippen LogP contribution in [0.25, 0.3) is 0 Å². The minimum atomic E-state index is -0.653. The lowest BCUT2D eigenvalue weighted by molar-refractivity contribution is 0.0768. The standard InChI is InChI=1S/C3H4ClNO2/c4-2-3(5)7-1-6-2/h2,5H,1H2. The van der Waals surface area contributed by atoms with Crippen molar-refractivity contribution in [2.24, 2.45) is 0 Å². The van der Waals surface area contributed by atoms with E-state index < -0.39 is 5.56 Å². The highest BCUT2D eigenvalue weighted by Gasteiger charge is 2.19. The van der Waals surface area contributed by atoms with E-state index in [2.05, 4.69) is 9.47 Å². The largest absolute Gasteiger partial charge is 0.451 e.